The van der Waals surface area contributed by atoms with E-state index in [4.69, 9.17) is 20.8 Å². The summed E-state index contributed by atoms with van der Waals surface area (Å²) in [6, 6.07) is 19.4. The van der Waals surface area contributed by atoms with Crippen molar-refractivity contribution in [2.75, 3.05) is 32.1 Å². The molecule has 1 heterocycles. The summed E-state index contributed by atoms with van der Waals surface area (Å²) in [5.41, 5.74) is 2.33. The number of aliphatic hydroxyl groups excluding tert-OH is 1. The van der Waals surface area contributed by atoms with Crippen LogP contribution in [0.4, 0.5) is 5.69 Å². The third-order valence-electron chi connectivity index (χ3n) is 4.54. The minimum absolute atomic E-state index is 0.204. The second-order valence-corrected chi connectivity index (χ2v) is 7.67. The molecule has 0 aliphatic rings. The first-order valence-electron chi connectivity index (χ1n) is 9.57. The Bertz CT molecular complexity index is 849. The third kappa shape index (κ3) is 6.82. The smallest absolute Gasteiger partial charge is 0.119 e. The number of hydrogen-bond donors (Lipinski definition) is 1. The van der Waals surface area contributed by atoms with Crippen molar-refractivity contribution in [2.45, 2.75) is 19.2 Å². The molecule has 0 unspecified atom stereocenters. The van der Waals surface area contributed by atoms with Gasteiger partial charge < -0.3 is 19.2 Å². The van der Waals surface area contributed by atoms with Crippen LogP contribution in [0.2, 0.25) is 5.02 Å². The number of rotatable bonds is 10. The molecule has 5 nitrogen and oxygen atoms in total. The molecule has 6 heteroatoms. The number of nitrogens with zero attached hydrogens (tertiary/aromatic N) is 2. The van der Waals surface area contributed by atoms with Gasteiger partial charge >= 0.3 is 0 Å². The summed E-state index contributed by atoms with van der Waals surface area (Å²) in [6.07, 6.45) is 1.03. The van der Waals surface area contributed by atoms with Crippen LogP contribution in [-0.4, -0.2) is 43.4 Å². The SMILES string of the molecule is CN(C)c1ccc(CN(Cc2ccco2)C[C@H](O)COc2ccc(Cl)cc2)cc1. The lowest BCUT2D eigenvalue weighted by molar-refractivity contribution is 0.0605. The highest BCUT2D eigenvalue weighted by molar-refractivity contribution is 6.30. The van der Waals surface area contributed by atoms with Crippen molar-refractivity contribution >= 4 is 17.3 Å². The monoisotopic (exact) mass is 414 g/mol. The van der Waals surface area contributed by atoms with E-state index in [1.165, 1.54) is 5.56 Å². The minimum Gasteiger partial charge on any atom is -0.491 e. The van der Waals surface area contributed by atoms with E-state index in [1.54, 1.807) is 30.5 Å². The Labute approximate surface area is 177 Å². The van der Waals surface area contributed by atoms with Crippen LogP contribution >= 0.6 is 11.6 Å². The average molecular weight is 415 g/mol. The van der Waals surface area contributed by atoms with Gasteiger partial charge in [-0.15, -0.1) is 0 Å². The predicted molar refractivity (Wildman–Crippen MR) is 117 cm³/mol. The third-order valence-corrected chi connectivity index (χ3v) is 4.80. The van der Waals surface area contributed by atoms with Gasteiger partial charge in [0.15, 0.2) is 0 Å². The Morgan fingerprint density at radius 2 is 1.72 bits per heavy atom. The van der Waals surface area contributed by atoms with Crippen molar-refractivity contribution in [1.82, 2.24) is 4.90 Å². The van der Waals surface area contributed by atoms with Crippen molar-refractivity contribution < 1.29 is 14.3 Å². The van der Waals surface area contributed by atoms with Crippen LogP contribution in [0.25, 0.3) is 0 Å². The standard InChI is InChI=1S/C23H27ClN2O3/c1-25(2)20-9-5-18(6-10-20)14-26(16-23-4-3-13-28-23)15-21(27)17-29-22-11-7-19(24)8-12-22/h3-13,21,27H,14-17H2,1-2H3/t21-/m0/s1. The maximum atomic E-state index is 10.5. The van der Waals surface area contributed by atoms with E-state index in [2.05, 4.69) is 34.1 Å². The summed E-state index contributed by atoms with van der Waals surface area (Å²) in [4.78, 5) is 4.22. The first kappa shape index (κ1) is 21.2. The highest BCUT2D eigenvalue weighted by Gasteiger charge is 2.15. The van der Waals surface area contributed by atoms with E-state index in [1.807, 2.05) is 26.2 Å². The number of anilines is 1. The van der Waals surface area contributed by atoms with E-state index < -0.39 is 6.10 Å². The Hall–Kier alpha value is -2.47. The van der Waals surface area contributed by atoms with Crippen LogP contribution in [0.5, 0.6) is 5.75 Å². The normalized spacial score (nSPS) is 12.2. The molecule has 2 aromatic carbocycles. The van der Waals surface area contributed by atoms with Gasteiger partial charge in [-0.1, -0.05) is 23.7 Å². The van der Waals surface area contributed by atoms with Crippen LogP contribution in [-0.2, 0) is 13.1 Å². The van der Waals surface area contributed by atoms with Crippen LogP contribution in [0.3, 0.4) is 0 Å². The molecular formula is C23H27ClN2O3. The number of furan rings is 1. The van der Waals surface area contributed by atoms with E-state index in [9.17, 15) is 5.11 Å². The number of halogens is 1. The maximum absolute atomic E-state index is 10.5. The van der Waals surface area contributed by atoms with Gasteiger partial charge in [0, 0.05) is 37.9 Å². The molecule has 0 spiro atoms. The summed E-state index contributed by atoms with van der Waals surface area (Å²) >= 11 is 5.89. The fourth-order valence-corrected chi connectivity index (χ4v) is 3.17. The molecule has 0 aliphatic heterocycles. The second kappa shape index (κ2) is 10.3. The molecule has 3 rings (SSSR count). The van der Waals surface area contributed by atoms with Gasteiger partial charge in [0.1, 0.15) is 24.2 Å². The summed E-state index contributed by atoms with van der Waals surface area (Å²) in [5, 5.41) is 11.2. The molecule has 1 aromatic heterocycles. The van der Waals surface area contributed by atoms with Gasteiger partial charge in [0.25, 0.3) is 0 Å². The molecule has 29 heavy (non-hydrogen) atoms. The maximum Gasteiger partial charge on any atom is 0.119 e. The van der Waals surface area contributed by atoms with Gasteiger partial charge in [-0.05, 0) is 54.1 Å². The molecule has 0 saturated carbocycles. The van der Waals surface area contributed by atoms with Gasteiger partial charge in [-0.25, -0.2) is 0 Å². The first-order valence-corrected chi connectivity index (χ1v) is 9.95. The fourth-order valence-electron chi connectivity index (χ4n) is 3.04. The molecule has 154 valence electrons. The zero-order valence-corrected chi connectivity index (χ0v) is 17.5. The van der Waals surface area contributed by atoms with Crippen molar-refractivity contribution in [3.05, 3.63) is 83.3 Å². The van der Waals surface area contributed by atoms with Crippen LogP contribution < -0.4 is 9.64 Å². The van der Waals surface area contributed by atoms with Crippen molar-refractivity contribution in [3.63, 3.8) is 0 Å². The fraction of sp³-hybridized carbons (Fsp3) is 0.304. The summed E-state index contributed by atoms with van der Waals surface area (Å²) < 4.78 is 11.2. The summed E-state index contributed by atoms with van der Waals surface area (Å²) in [6.45, 7) is 1.98. The number of benzene rings is 2. The topological polar surface area (TPSA) is 49.1 Å². The van der Waals surface area contributed by atoms with Gasteiger partial charge in [-0.3, -0.25) is 4.90 Å². The molecular weight excluding hydrogens is 388 g/mol. The van der Waals surface area contributed by atoms with Crippen LogP contribution in [0.1, 0.15) is 11.3 Å². The van der Waals surface area contributed by atoms with E-state index in [-0.39, 0.29) is 6.61 Å². The molecule has 0 bridgehead atoms. The predicted octanol–water partition coefficient (Wildman–Crippen LogP) is 4.44. The Morgan fingerprint density at radius 1 is 1.00 bits per heavy atom. The van der Waals surface area contributed by atoms with Crippen molar-refractivity contribution in [1.29, 1.82) is 0 Å². The highest BCUT2D eigenvalue weighted by Crippen LogP contribution is 2.17. The Balaban J connectivity index is 1.60. The number of aliphatic hydroxyl groups is 1. The van der Waals surface area contributed by atoms with E-state index in [0.29, 0.717) is 30.4 Å². The van der Waals surface area contributed by atoms with Crippen molar-refractivity contribution in [3.8, 4) is 5.75 Å². The molecule has 1 N–H and O–H groups in total. The van der Waals surface area contributed by atoms with E-state index in [0.717, 1.165) is 11.4 Å². The Kier molecular flexibility index (Phi) is 7.58. The summed E-state index contributed by atoms with van der Waals surface area (Å²) in [5.74, 6) is 1.55. The number of hydrogen-bond acceptors (Lipinski definition) is 5. The van der Waals surface area contributed by atoms with Crippen LogP contribution in [0.15, 0.2) is 71.3 Å². The van der Waals surface area contributed by atoms with Gasteiger partial charge in [-0.2, -0.15) is 0 Å². The van der Waals surface area contributed by atoms with Gasteiger partial charge in [0.05, 0.1) is 12.8 Å². The zero-order valence-electron chi connectivity index (χ0n) is 16.8. The largest absolute Gasteiger partial charge is 0.491 e. The molecule has 0 radical (unpaired) electrons. The molecule has 0 aliphatic carbocycles. The van der Waals surface area contributed by atoms with E-state index >= 15 is 0 Å². The average Bonchev–Trinajstić information content (AvgIpc) is 3.21. The summed E-state index contributed by atoms with van der Waals surface area (Å²) in [7, 11) is 4.05. The molecule has 0 fully saturated rings. The van der Waals surface area contributed by atoms with Crippen molar-refractivity contribution in [2.24, 2.45) is 0 Å². The lowest BCUT2D eigenvalue weighted by atomic mass is 10.1. The molecule has 0 amide bonds. The lowest BCUT2D eigenvalue weighted by Gasteiger charge is -2.25. The number of ether oxygens (including phenoxy) is 1. The molecule has 3 aromatic rings. The zero-order chi connectivity index (χ0) is 20.6. The molecule has 0 saturated heterocycles. The highest BCUT2D eigenvalue weighted by atomic mass is 35.5. The minimum atomic E-state index is -0.637. The molecule has 1 atom stereocenters. The van der Waals surface area contributed by atoms with Crippen LogP contribution in [0, 0.1) is 0 Å². The second-order valence-electron chi connectivity index (χ2n) is 7.23. The first-order chi connectivity index (χ1) is 14.0. The van der Waals surface area contributed by atoms with Gasteiger partial charge in [0.2, 0.25) is 0 Å². The Morgan fingerprint density at radius 3 is 2.34 bits per heavy atom. The quantitative estimate of drug-likeness (QED) is 0.531. The lowest BCUT2D eigenvalue weighted by Crippen LogP contribution is -2.35.